The minimum Gasteiger partial charge on any atom is -0.508 e. The fourth-order valence-corrected chi connectivity index (χ4v) is 6.86. The smallest absolute Gasteiger partial charge is 0.345 e. The van der Waals surface area contributed by atoms with Crippen LogP contribution in [0.4, 0.5) is 0 Å². The van der Waals surface area contributed by atoms with Crippen molar-refractivity contribution in [1.29, 1.82) is 0 Å². The van der Waals surface area contributed by atoms with Gasteiger partial charge >= 0.3 is 23.9 Å². The van der Waals surface area contributed by atoms with E-state index in [0.717, 1.165) is 20.7 Å². The van der Waals surface area contributed by atoms with Crippen LogP contribution in [0, 0.1) is 17.8 Å². The number of fused-ring (bicyclic) bond motifs is 1. The molecule has 0 radical (unpaired) electrons. The van der Waals surface area contributed by atoms with Crippen LogP contribution in [0.15, 0.2) is 59.7 Å². The second-order valence-corrected chi connectivity index (χ2v) is 16.3. The molecule has 18 heteroatoms. The number of H-pyrrole nitrogens is 1. The molecule has 0 bridgehead atoms. The summed E-state index contributed by atoms with van der Waals surface area (Å²) in [6.07, 6.45) is -2.96. The summed E-state index contributed by atoms with van der Waals surface area (Å²) in [7, 11) is 4.30. The number of benzene rings is 2. The number of phenols is 1. The monoisotopic (exact) mass is 865 g/mol. The van der Waals surface area contributed by atoms with E-state index in [1.165, 1.54) is 38.4 Å². The Labute approximate surface area is 362 Å². The van der Waals surface area contributed by atoms with Crippen LogP contribution in [0.25, 0.3) is 10.9 Å². The first kappa shape index (κ1) is 50.2. The molecule has 340 valence electrons. The van der Waals surface area contributed by atoms with Crippen LogP contribution in [-0.2, 0) is 55.8 Å². The van der Waals surface area contributed by atoms with Crippen molar-refractivity contribution in [1.82, 2.24) is 20.1 Å². The molecule has 2 aromatic carbocycles. The number of aliphatic carboxylic acids is 1. The number of carbonyl (C=O) groups excluding carboxylic acids is 5. The van der Waals surface area contributed by atoms with Crippen LogP contribution in [0.2, 0.25) is 0 Å². The molecular formula is C44H63N7O11. The standard InChI is InChI=1S/C44H63N7O11/c1-24(2)35(47-7)43(59)61-36(25(3)4)39(54)51(9)33(22-28-23-49-31-14-11-10-13-30(28)31)41(57)60-34(15-12-20-48-44(45)46)38(53)50(8)32(21-27-16-18-29(52)19-17-27)42(58)62-37(26(5)6)40(55)56/h10-11,13-14,16-19,23-26,32-37,47,49,52H,12,15,20-22H2,1-9H3,(H,55,56)(H4,45,46,48)/t32-,33-,34-,35-,36-,37-/m0/s1. The van der Waals surface area contributed by atoms with Gasteiger partial charge in [-0.2, -0.15) is 0 Å². The number of phenolic OH excluding ortho intramolecular Hbond substituents is 1. The molecular weight excluding hydrogens is 803 g/mol. The molecule has 0 unspecified atom stereocenters. The number of nitrogens with zero attached hydrogens (tertiary/aromatic N) is 3. The Morgan fingerprint density at radius 3 is 1.89 bits per heavy atom. The van der Waals surface area contributed by atoms with E-state index in [-0.39, 0.29) is 49.9 Å². The zero-order chi connectivity index (χ0) is 46.4. The Hall–Kier alpha value is -6.17. The normalized spacial score (nSPS) is 14.3. The summed E-state index contributed by atoms with van der Waals surface area (Å²) in [6.45, 7) is 10.3. The Bertz CT molecular complexity index is 2030. The number of aromatic amines is 1. The van der Waals surface area contributed by atoms with Crippen LogP contribution in [0.1, 0.15) is 65.5 Å². The number of aromatic hydroxyl groups is 1. The summed E-state index contributed by atoms with van der Waals surface area (Å²) in [5.41, 5.74) is 13.0. The summed E-state index contributed by atoms with van der Waals surface area (Å²) in [5, 5.41) is 23.4. The summed E-state index contributed by atoms with van der Waals surface area (Å²) in [6, 6.07) is 9.70. The van der Waals surface area contributed by atoms with Crippen molar-refractivity contribution < 1.29 is 53.2 Å². The fraction of sp³-hybridized carbons (Fsp3) is 0.523. The molecule has 6 atom stereocenters. The number of esters is 3. The van der Waals surface area contributed by atoms with E-state index in [4.69, 9.17) is 25.7 Å². The maximum atomic E-state index is 14.6. The summed E-state index contributed by atoms with van der Waals surface area (Å²) >= 11 is 0. The van der Waals surface area contributed by atoms with E-state index in [1.54, 1.807) is 40.9 Å². The maximum absolute atomic E-state index is 14.6. The van der Waals surface area contributed by atoms with Gasteiger partial charge in [0.15, 0.2) is 18.2 Å². The molecule has 3 aromatic rings. The highest BCUT2D eigenvalue weighted by Crippen LogP contribution is 2.25. The number of carboxylic acids is 1. The first-order valence-electron chi connectivity index (χ1n) is 20.6. The molecule has 0 spiro atoms. The lowest BCUT2D eigenvalue weighted by Gasteiger charge is -2.34. The highest BCUT2D eigenvalue weighted by atomic mass is 16.6. The number of para-hydroxylation sites is 1. The van der Waals surface area contributed by atoms with Gasteiger partial charge in [-0.3, -0.25) is 19.4 Å². The van der Waals surface area contributed by atoms with Gasteiger partial charge in [0.2, 0.25) is 6.10 Å². The van der Waals surface area contributed by atoms with Crippen LogP contribution in [-0.4, -0.2) is 131 Å². The predicted octanol–water partition coefficient (Wildman–Crippen LogP) is 2.74. The number of hydrogen-bond donors (Lipinski definition) is 6. The Balaban J connectivity index is 2.09. The lowest BCUT2D eigenvalue weighted by Crippen LogP contribution is -2.54. The first-order valence-corrected chi connectivity index (χ1v) is 20.6. The molecule has 8 N–H and O–H groups in total. The Morgan fingerprint density at radius 1 is 0.758 bits per heavy atom. The molecule has 18 nitrogen and oxygen atoms in total. The van der Waals surface area contributed by atoms with Crippen LogP contribution >= 0.6 is 0 Å². The molecule has 0 saturated carbocycles. The van der Waals surface area contributed by atoms with Gasteiger partial charge in [0.1, 0.15) is 23.9 Å². The van der Waals surface area contributed by atoms with Crippen LogP contribution in [0.3, 0.4) is 0 Å². The third-order valence-corrected chi connectivity index (χ3v) is 10.5. The Kier molecular flexibility index (Phi) is 18.7. The van der Waals surface area contributed by atoms with E-state index in [1.807, 2.05) is 38.1 Å². The van der Waals surface area contributed by atoms with Gasteiger partial charge in [0.05, 0.1) is 0 Å². The number of likely N-dealkylation sites (N-methyl/N-ethyl adjacent to an activating group) is 3. The third kappa shape index (κ3) is 13.7. The lowest BCUT2D eigenvalue weighted by atomic mass is 10.0. The van der Waals surface area contributed by atoms with E-state index in [2.05, 4.69) is 15.3 Å². The van der Waals surface area contributed by atoms with Crippen molar-refractivity contribution >= 4 is 52.6 Å². The zero-order valence-electron chi connectivity index (χ0n) is 37.0. The number of rotatable bonds is 23. The summed E-state index contributed by atoms with van der Waals surface area (Å²) in [4.78, 5) is 92.1. The minimum atomic E-state index is -1.58. The van der Waals surface area contributed by atoms with Crippen molar-refractivity contribution in [3.63, 3.8) is 0 Å². The zero-order valence-corrected chi connectivity index (χ0v) is 37.0. The molecule has 3 rings (SSSR count). The van der Waals surface area contributed by atoms with Gasteiger partial charge in [0.25, 0.3) is 11.8 Å². The van der Waals surface area contributed by atoms with Gasteiger partial charge in [-0.1, -0.05) is 71.9 Å². The second-order valence-electron chi connectivity index (χ2n) is 16.3. The molecule has 1 aromatic heterocycles. The average molecular weight is 866 g/mol. The van der Waals surface area contributed by atoms with Crippen molar-refractivity contribution in [2.75, 3.05) is 27.7 Å². The number of carboxylic acid groups (broad SMARTS) is 1. The molecule has 62 heavy (non-hydrogen) atoms. The van der Waals surface area contributed by atoms with E-state index in [0.29, 0.717) is 11.1 Å². The van der Waals surface area contributed by atoms with Crippen molar-refractivity contribution in [2.45, 2.75) is 104 Å². The third-order valence-electron chi connectivity index (χ3n) is 10.5. The Morgan fingerprint density at radius 2 is 1.32 bits per heavy atom. The number of nitrogens with one attached hydrogen (secondary N) is 2. The highest BCUT2D eigenvalue weighted by Gasteiger charge is 2.41. The first-order chi connectivity index (χ1) is 29.2. The highest BCUT2D eigenvalue weighted by molar-refractivity contribution is 5.93. The summed E-state index contributed by atoms with van der Waals surface area (Å²) < 4.78 is 17.3. The number of hydrogen-bond acceptors (Lipinski definition) is 12. The number of guanidine groups is 1. The number of nitrogens with two attached hydrogens (primary N) is 2. The van der Waals surface area contributed by atoms with Crippen molar-refractivity contribution in [3.8, 4) is 5.75 Å². The van der Waals surface area contributed by atoms with Gasteiger partial charge < -0.3 is 56.0 Å². The molecule has 0 aliphatic rings. The number of aliphatic imine (C=N–C) groups is 1. The molecule has 0 aliphatic heterocycles. The van der Waals surface area contributed by atoms with Crippen LogP contribution in [0.5, 0.6) is 5.75 Å². The number of ether oxygens (including phenoxy) is 3. The maximum Gasteiger partial charge on any atom is 0.345 e. The minimum absolute atomic E-state index is 0.0444. The SMILES string of the molecule is CN[C@H](C(=O)O[C@H](C(=O)N(C)[C@@H](Cc1c[nH]c2ccccc12)C(=O)O[C@@H](CCCN=C(N)N)C(=O)N(C)[C@@H](Cc1ccc(O)cc1)C(=O)O[C@H](C(=O)O)C(C)C)C(C)C)C(C)C. The fourth-order valence-electron chi connectivity index (χ4n) is 6.86. The quantitative estimate of drug-likeness (QED) is 0.0263. The molecule has 0 saturated heterocycles. The number of aromatic nitrogens is 1. The molecule has 0 aliphatic carbocycles. The van der Waals surface area contributed by atoms with Crippen LogP contribution < -0.4 is 16.8 Å². The summed E-state index contributed by atoms with van der Waals surface area (Å²) in [5.74, 6) is -7.10. The van der Waals surface area contributed by atoms with E-state index < -0.39 is 84.0 Å². The van der Waals surface area contributed by atoms with Gasteiger partial charge in [-0.05, 0) is 61.1 Å². The van der Waals surface area contributed by atoms with Gasteiger partial charge in [-0.25, -0.2) is 14.4 Å². The lowest BCUT2D eigenvalue weighted by molar-refractivity contribution is -0.176. The predicted molar refractivity (Wildman–Crippen MR) is 231 cm³/mol. The second kappa shape index (κ2) is 23.2. The van der Waals surface area contributed by atoms with Gasteiger partial charge in [0, 0.05) is 56.5 Å². The topological polar surface area (TPSA) is 269 Å². The van der Waals surface area contributed by atoms with Crippen molar-refractivity contribution in [3.05, 3.63) is 65.9 Å². The molecule has 2 amide bonds. The average Bonchev–Trinajstić information content (AvgIpc) is 3.62. The largest absolute Gasteiger partial charge is 0.508 e. The molecule has 1 heterocycles. The van der Waals surface area contributed by atoms with E-state index in [9.17, 15) is 39.0 Å². The molecule has 0 fully saturated rings. The van der Waals surface area contributed by atoms with E-state index >= 15 is 0 Å². The van der Waals surface area contributed by atoms with Gasteiger partial charge in [-0.15, -0.1) is 0 Å². The number of carbonyl (C=O) groups is 6. The van der Waals surface area contributed by atoms with Crippen molar-refractivity contribution in [2.24, 2.45) is 34.2 Å². The number of amides is 2.